The van der Waals surface area contributed by atoms with E-state index in [1.807, 2.05) is 24.3 Å². The SMILES string of the molecule is CCc1cc2cc3nc(cc4ccc(cc5nc(cc1[nH]2)C=C5)[nH]4)C=C3.[Sn]. The summed E-state index contributed by atoms with van der Waals surface area (Å²) in [5.41, 5.74) is 9.30. The number of nitrogens with one attached hydrogen (secondary N) is 2. The maximum atomic E-state index is 4.71. The van der Waals surface area contributed by atoms with Gasteiger partial charge in [0.05, 0.1) is 22.8 Å². The van der Waals surface area contributed by atoms with Crippen LogP contribution in [-0.4, -0.2) is 43.8 Å². The minimum Gasteiger partial charge on any atom is -0.355 e. The Morgan fingerprint density at radius 1 is 0.667 bits per heavy atom. The van der Waals surface area contributed by atoms with Gasteiger partial charge >= 0.3 is 0 Å². The molecule has 3 aromatic rings. The molecule has 0 atom stereocenters. The average Bonchev–Trinajstić information content (AvgIpc) is 3.39. The Balaban J connectivity index is 0.00000180. The van der Waals surface area contributed by atoms with Crippen molar-refractivity contribution in [2.75, 3.05) is 0 Å². The number of H-pyrrole nitrogens is 2. The molecule has 0 saturated carbocycles. The van der Waals surface area contributed by atoms with E-state index in [4.69, 9.17) is 9.97 Å². The quantitative estimate of drug-likeness (QED) is 0.354. The van der Waals surface area contributed by atoms with Crippen molar-refractivity contribution in [2.24, 2.45) is 0 Å². The van der Waals surface area contributed by atoms with Crippen molar-refractivity contribution < 1.29 is 0 Å². The molecule has 4 nitrogen and oxygen atoms in total. The first-order valence-electron chi connectivity index (χ1n) is 8.82. The molecule has 0 fully saturated rings. The van der Waals surface area contributed by atoms with Crippen LogP contribution in [0.15, 0.2) is 42.5 Å². The first kappa shape index (κ1) is 17.8. The van der Waals surface area contributed by atoms with Crippen molar-refractivity contribution in [3.05, 3.63) is 70.8 Å². The molecule has 0 aliphatic carbocycles. The fraction of sp³-hybridized carbons (Fsp3) is 0.0909. The van der Waals surface area contributed by atoms with Gasteiger partial charge in [0.2, 0.25) is 0 Å². The van der Waals surface area contributed by atoms with Gasteiger partial charge in [-0.3, -0.25) is 0 Å². The number of aromatic amines is 2. The number of hydrogen-bond donors (Lipinski definition) is 2. The topological polar surface area (TPSA) is 57.4 Å². The molecule has 0 aromatic carbocycles. The molecule has 2 aliphatic rings. The Labute approximate surface area is 174 Å². The first-order valence-corrected chi connectivity index (χ1v) is 8.82. The van der Waals surface area contributed by atoms with Crippen LogP contribution in [0.3, 0.4) is 0 Å². The second kappa shape index (κ2) is 7.19. The summed E-state index contributed by atoms with van der Waals surface area (Å²) in [6.07, 6.45) is 9.14. The molecule has 2 N–H and O–H groups in total. The van der Waals surface area contributed by atoms with Crippen LogP contribution >= 0.6 is 0 Å². The molecular weight excluding hydrogens is 439 g/mol. The number of fused-ring (bicyclic) bond motifs is 8. The summed E-state index contributed by atoms with van der Waals surface area (Å²) in [6.45, 7) is 2.17. The zero-order chi connectivity index (χ0) is 17.5. The average molecular weight is 457 g/mol. The van der Waals surface area contributed by atoms with Crippen LogP contribution in [0.1, 0.15) is 35.3 Å². The molecule has 8 bridgehead atoms. The van der Waals surface area contributed by atoms with Gasteiger partial charge in [-0.25, -0.2) is 9.97 Å². The fourth-order valence-corrected chi connectivity index (χ4v) is 3.37. The predicted molar refractivity (Wildman–Crippen MR) is 114 cm³/mol. The molecular formula is C22H18N4Sn. The molecule has 5 heteroatoms. The van der Waals surface area contributed by atoms with E-state index in [-0.39, 0.29) is 23.9 Å². The number of aryl methyl sites for hydroxylation is 1. The van der Waals surface area contributed by atoms with E-state index in [2.05, 4.69) is 59.4 Å². The van der Waals surface area contributed by atoms with Crippen molar-refractivity contribution in [1.29, 1.82) is 0 Å². The maximum absolute atomic E-state index is 4.71. The maximum Gasteiger partial charge on any atom is 0.0658 e. The molecule has 0 amide bonds. The third-order valence-corrected chi connectivity index (χ3v) is 4.64. The Kier molecular flexibility index (Phi) is 4.74. The van der Waals surface area contributed by atoms with E-state index in [0.29, 0.717) is 0 Å². The van der Waals surface area contributed by atoms with Gasteiger partial charge < -0.3 is 9.97 Å². The van der Waals surface area contributed by atoms with E-state index in [1.54, 1.807) is 0 Å². The molecule has 27 heavy (non-hydrogen) atoms. The molecule has 130 valence electrons. The molecule has 0 spiro atoms. The summed E-state index contributed by atoms with van der Waals surface area (Å²) >= 11 is 0. The summed E-state index contributed by atoms with van der Waals surface area (Å²) in [4.78, 5) is 16.3. The van der Waals surface area contributed by atoms with Crippen molar-refractivity contribution in [2.45, 2.75) is 13.3 Å². The van der Waals surface area contributed by atoms with Crippen LogP contribution in [-0.2, 0) is 6.42 Å². The van der Waals surface area contributed by atoms with Crippen LogP contribution < -0.4 is 0 Å². The Morgan fingerprint density at radius 2 is 1.19 bits per heavy atom. The van der Waals surface area contributed by atoms with Crippen LogP contribution in [0.2, 0.25) is 0 Å². The van der Waals surface area contributed by atoms with Gasteiger partial charge in [0, 0.05) is 46.0 Å². The largest absolute Gasteiger partial charge is 0.355 e. The summed E-state index contributed by atoms with van der Waals surface area (Å²) < 4.78 is 0. The molecule has 5 heterocycles. The zero-order valence-corrected chi connectivity index (χ0v) is 17.8. The summed E-state index contributed by atoms with van der Waals surface area (Å²) in [6, 6.07) is 14.6. The molecule has 0 saturated heterocycles. The number of aromatic nitrogens is 4. The molecule has 0 unspecified atom stereocenters. The smallest absolute Gasteiger partial charge is 0.0658 e. The minimum absolute atomic E-state index is 0. The molecule has 5 rings (SSSR count). The van der Waals surface area contributed by atoms with Crippen molar-refractivity contribution in [3.8, 4) is 0 Å². The van der Waals surface area contributed by atoms with Gasteiger partial charge in [-0.05, 0) is 78.8 Å². The standard InChI is InChI=1S/C22H18N4.Sn/c1-2-14-9-21-12-19-6-5-17(24-19)10-15-3-4-16(23-15)11-18-7-8-20(25-18)13-22(14)26-21;/h3-13,23,26H,2H2,1H3;. The Hall–Kier alpha value is -2.60. The van der Waals surface area contributed by atoms with Crippen molar-refractivity contribution >= 4 is 70.3 Å². The second-order valence-electron chi connectivity index (χ2n) is 6.55. The van der Waals surface area contributed by atoms with Gasteiger partial charge in [-0.15, -0.1) is 0 Å². The Bertz CT molecular complexity index is 1230. The molecule has 3 aromatic heterocycles. The van der Waals surface area contributed by atoms with E-state index >= 15 is 0 Å². The van der Waals surface area contributed by atoms with Gasteiger partial charge in [0.1, 0.15) is 0 Å². The van der Waals surface area contributed by atoms with Crippen LogP contribution in [0, 0.1) is 0 Å². The van der Waals surface area contributed by atoms with Crippen molar-refractivity contribution in [3.63, 3.8) is 0 Å². The van der Waals surface area contributed by atoms with E-state index in [0.717, 1.165) is 51.3 Å². The summed E-state index contributed by atoms with van der Waals surface area (Å²) in [7, 11) is 0. The normalized spacial score (nSPS) is 12.2. The predicted octanol–water partition coefficient (Wildman–Crippen LogP) is 4.84. The molecule has 2 aliphatic heterocycles. The van der Waals surface area contributed by atoms with E-state index in [1.165, 1.54) is 5.56 Å². The number of nitrogens with zero attached hydrogens (tertiary/aromatic N) is 2. The summed E-state index contributed by atoms with van der Waals surface area (Å²) in [5.74, 6) is 0. The number of rotatable bonds is 1. The van der Waals surface area contributed by atoms with Crippen LogP contribution in [0.25, 0.3) is 46.4 Å². The Morgan fingerprint density at radius 3 is 1.74 bits per heavy atom. The van der Waals surface area contributed by atoms with Gasteiger partial charge in [-0.1, -0.05) is 6.92 Å². The van der Waals surface area contributed by atoms with Gasteiger partial charge in [0.15, 0.2) is 0 Å². The van der Waals surface area contributed by atoms with Gasteiger partial charge in [-0.2, -0.15) is 0 Å². The number of hydrogen-bond acceptors (Lipinski definition) is 2. The van der Waals surface area contributed by atoms with E-state index < -0.39 is 0 Å². The monoisotopic (exact) mass is 458 g/mol. The van der Waals surface area contributed by atoms with Crippen LogP contribution in [0.5, 0.6) is 0 Å². The minimum atomic E-state index is 0. The zero-order valence-electron chi connectivity index (χ0n) is 15.0. The van der Waals surface area contributed by atoms with E-state index in [9.17, 15) is 0 Å². The van der Waals surface area contributed by atoms with Gasteiger partial charge in [0.25, 0.3) is 0 Å². The molecule has 4 radical (unpaired) electrons. The third-order valence-electron chi connectivity index (χ3n) is 4.64. The van der Waals surface area contributed by atoms with Crippen molar-refractivity contribution in [1.82, 2.24) is 19.9 Å². The third kappa shape index (κ3) is 3.62. The first-order chi connectivity index (χ1) is 12.7. The second-order valence-corrected chi connectivity index (χ2v) is 6.55. The van der Waals surface area contributed by atoms with Crippen LogP contribution in [0.4, 0.5) is 0 Å². The fourth-order valence-electron chi connectivity index (χ4n) is 3.37. The summed E-state index contributed by atoms with van der Waals surface area (Å²) in [5, 5.41) is 0.